The van der Waals surface area contributed by atoms with Crippen molar-refractivity contribution in [3.63, 3.8) is 0 Å². The number of imidazole rings is 1. The summed E-state index contributed by atoms with van der Waals surface area (Å²) in [5, 5.41) is 18.7. The van der Waals surface area contributed by atoms with Crippen LogP contribution >= 0.6 is 0 Å². The monoisotopic (exact) mass is 340 g/mol. The summed E-state index contributed by atoms with van der Waals surface area (Å²) in [6.45, 7) is 0.964. The third-order valence-electron chi connectivity index (χ3n) is 3.61. The zero-order chi connectivity index (χ0) is 17.5. The molecule has 0 aliphatic carbocycles. The van der Waals surface area contributed by atoms with E-state index in [1.165, 1.54) is 0 Å². The smallest absolute Gasteiger partial charge is 0.241 e. The van der Waals surface area contributed by atoms with Crippen LogP contribution in [0, 0.1) is 0 Å². The molecule has 0 spiro atoms. The van der Waals surface area contributed by atoms with Crippen LogP contribution in [-0.2, 0) is 17.9 Å². The van der Waals surface area contributed by atoms with Crippen LogP contribution in [0.2, 0.25) is 0 Å². The molecule has 8 heteroatoms. The van der Waals surface area contributed by atoms with Crippen molar-refractivity contribution in [1.29, 1.82) is 0 Å². The van der Waals surface area contributed by atoms with E-state index in [-0.39, 0.29) is 25.6 Å². The van der Waals surface area contributed by atoms with E-state index in [1.54, 1.807) is 29.6 Å². The predicted molar refractivity (Wildman–Crippen MR) is 93.2 cm³/mol. The number of rotatable bonds is 8. The van der Waals surface area contributed by atoms with Crippen molar-refractivity contribution < 1.29 is 9.90 Å². The number of carbonyl (C=O) groups excluding carboxylic acids is 1. The number of carbonyl (C=O) groups is 1. The van der Waals surface area contributed by atoms with Crippen molar-refractivity contribution in [3.05, 3.63) is 60.9 Å². The molecule has 0 radical (unpaired) electrons. The van der Waals surface area contributed by atoms with Gasteiger partial charge in [-0.15, -0.1) is 0 Å². The number of hydrogen-bond acceptors (Lipinski definition) is 5. The molecule has 3 aromatic rings. The maximum absolute atomic E-state index is 11.6. The number of nitrogens with zero attached hydrogens (tertiary/aromatic N) is 4. The van der Waals surface area contributed by atoms with Gasteiger partial charge in [-0.25, -0.2) is 4.98 Å². The van der Waals surface area contributed by atoms with Crippen LogP contribution in [0.1, 0.15) is 5.56 Å². The van der Waals surface area contributed by atoms with Gasteiger partial charge >= 0.3 is 0 Å². The lowest BCUT2D eigenvalue weighted by atomic mass is 10.2. The zero-order valence-corrected chi connectivity index (χ0v) is 13.7. The Labute approximate surface area is 145 Å². The molecule has 0 fully saturated rings. The molecule has 3 rings (SSSR count). The lowest BCUT2D eigenvalue weighted by molar-refractivity contribution is -0.122. The first-order valence-corrected chi connectivity index (χ1v) is 7.96. The Hall–Kier alpha value is -3.13. The minimum Gasteiger partial charge on any atom is -0.395 e. The molecule has 1 amide bonds. The van der Waals surface area contributed by atoms with Gasteiger partial charge in [0, 0.05) is 37.4 Å². The number of benzene rings is 1. The standard InChI is InChI=1S/C17H20N6O2/c24-8-6-19-17(25)12-23-11-15(10-21-23)20-9-14-1-3-16(4-2-14)22-7-5-18-13-22/h1-5,7,10-11,13,20,24H,6,8-9,12H2,(H,19,25). The highest BCUT2D eigenvalue weighted by atomic mass is 16.3. The number of amides is 1. The largest absolute Gasteiger partial charge is 0.395 e. The fraction of sp³-hybridized carbons (Fsp3) is 0.235. The summed E-state index contributed by atoms with van der Waals surface area (Å²) in [6, 6.07) is 8.17. The van der Waals surface area contributed by atoms with Crippen LogP contribution in [0.25, 0.3) is 5.69 Å². The van der Waals surface area contributed by atoms with Gasteiger partial charge in [0.25, 0.3) is 0 Å². The van der Waals surface area contributed by atoms with Gasteiger partial charge in [0.15, 0.2) is 0 Å². The number of aromatic nitrogens is 4. The number of aliphatic hydroxyl groups is 1. The highest BCUT2D eigenvalue weighted by Crippen LogP contribution is 2.12. The van der Waals surface area contributed by atoms with Gasteiger partial charge in [-0.1, -0.05) is 12.1 Å². The van der Waals surface area contributed by atoms with Gasteiger partial charge in [0.2, 0.25) is 5.91 Å². The van der Waals surface area contributed by atoms with Gasteiger partial charge in [0.1, 0.15) is 6.54 Å². The van der Waals surface area contributed by atoms with Gasteiger partial charge in [0.05, 0.1) is 24.8 Å². The molecule has 2 heterocycles. The molecule has 0 saturated heterocycles. The number of nitrogens with one attached hydrogen (secondary N) is 2. The second-order valence-electron chi connectivity index (χ2n) is 5.49. The van der Waals surface area contributed by atoms with Gasteiger partial charge < -0.3 is 20.3 Å². The average Bonchev–Trinajstić information content (AvgIpc) is 3.31. The topological polar surface area (TPSA) is 97.0 Å². The second-order valence-corrected chi connectivity index (χ2v) is 5.49. The Morgan fingerprint density at radius 1 is 1.24 bits per heavy atom. The molecule has 1 aromatic carbocycles. The molecule has 8 nitrogen and oxygen atoms in total. The molecule has 0 aliphatic heterocycles. The molecular weight excluding hydrogens is 320 g/mol. The molecule has 3 N–H and O–H groups in total. The summed E-state index contributed by atoms with van der Waals surface area (Å²) in [5.74, 6) is -0.182. The Bertz CT molecular complexity index is 795. The third-order valence-corrected chi connectivity index (χ3v) is 3.61. The molecule has 2 aromatic heterocycles. The van der Waals surface area contributed by atoms with Crippen molar-refractivity contribution in [1.82, 2.24) is 24.6 Å². The Morgan fingerprint density at radius 2 is 2.08 bits per heavy atom. The quantitative estimate of drug-likeness (QED) is 0.563. The van der Waals surface area contributed by atoms with Crippen LogP contribution in [0.15, 0.2) is 55.4 Å². The van der Waals surface area contributed by atoms with Crippen LogP contribution < -0.4 is 10.6 Å². The molecule has 25 heavy (non-hydrogen) atoms. The Morgan fingerprint density at radius 3 is 2.80 bits per heavy atom. The second kappa shape index (κ2) is 8.11. The van der Waals surface area contributed by atoms with E-state index in [1.807, 2.05) is 22.9 Å². The average molecular weight is 340 g/mol. The van der Waals surface area contributed by atoms with Crippen LogP contribution in [0.5, 0.6) is 0 Å². The molecule has 130 valence electrons. The fourth-order valence-electron chi connectivity index (χ4n) is 2.34. The van der Waals surface area contributed by atoms with Crippen LogP contribution in [-0.4, -0.2) is 43.5 Å². The number of aliphatic hydroxyl groups excluding tert-OH is 1. The third kappa shape index (κ3) is 4.67. The lowest BCUT2D eigenvalue weighted by Crippen LogP contribution is -2.30. The lowest BCUT2D eigenvalue weighted by Gasteiger charge is -2.06. The predicted octanol–water partition coefficient (Wildman–Crippen LogP) is 0.789. The molecule has 0 aliphatic rings. The molecule has 0 unspecified atom stereocenters. The summed E-state index contributed by atoms with van der Waals surface area (Å²) in [5.41, 5.74) is 3.04. The summed E-state index contributed by atoms with van der Waals surface area (Å²) < 4.78 is 3.50. The Kier molecular flexibility index (Phi) is 5.43. The minimum atomic E-state index is -0.182. The van der Waals surface area contributed by atoms with E-state index in [0.29, 0.717) is 6.54 Å². The SMILES string of the molecule is O=C(Cn1cc(NCc2ccc(-n3ccnc3)cc2)cn1)NCCO. The number of anilines is 1. The van der Waals surface area contributed by atoms with Crippen molar-refractivity contribution >= 4 is 11.6 Å². The highest BCUT2D eigenvalue weighted by molar-refractivity contribution is 5.75. The Balaban J connectivity index is 1.51. The summed E-state index contributed by atoms with van der Waals surface area (Å²) in [7, 11) is 0. The molecule has 0 bridgehead atoms. The van der Waals surface area contributed by atoms with Crippen molar-refractivity contribution in [2.45, 2.75) is 13.1 Å². The van der Waals surface area contributed by atoms with E-state index >= 15 is 0 Å². The van der Waals surface area contributed by atoms with Gasteiger partial charge in [-0.05, 0) is 17.7 Å². The first kappa shape index (κ1) is 16.7. The summed E-state index contributed by atoms with van der Waals surface area (Å²) >= 11 is 0. The molecule has 0 saturated carbocycles. The van der Waals surface area contributed by atoms with Gasteiger partial charge in [-0.2, -0.15) is 5.10 Å². The van der Waals surface area contributed by atoms with E-state index in [0.717, 1.165) is 16.9 Å². The van der Waals surface area contributed by atoms with E-state index in [4.69, 9.17) is 5.11 Å². The van der Waals surface area contributed by atoms with Crippen LogP contribution in [0.4, 0.5) is 5.69 Å². The fourth-order valence-corrected chi connectivity index (χ4v) is 2.34. The van der Waals surface area contributed by atoms with Crippen molar-refractivity contribution in [2.24, 2.45) is 0 Å². The van der Waals surface area contributed by atoms with Crippen molar-refractivity contribution in [2.75, 3.05) is 18.5 Å². The van der Waals surface area contributed by atoms with Gasteiger partial charge in [-0.3, -0.25) is 9.48 Å². The van der Waals surface area contributed by atoms with E-state index in [9.17, 15) is 4.79 Å². The minimum absolute atomic E-state index is 0.0721. The first-order chi connectivity index (χ1) is 12.2. The maximum Gasteiger partial charge on any atom is 0.241 e. The molecule has 0 atom stereocenters. The summed E-state index contributed by atoms with van der Waals surface area (Å²) in [6.07, 6.45) is 8.87. The maximum atomic E-state index is 11.6. The van der Waals surface area contributed by atoms with Crippen molar-refractivity contribution in [3.8, 4) is 5.69 Å². The molecular formula is C17H20N6O2. The highest BCUT2D eigenvalue weighted by Gasteiger charge is 2.04. The first-order valence-electron chi connectivity index (χ1n) is 7.96. The van der Waals surface area contributed by atoms with E-state index in [2.05, 4.69) is 32.8 Å². The van der Waals surface area contributed by atoms with E-state index < -0.39 is 0 Å². The van der Waals surface area contributed by atoms with Crippen LogP contribution in [0.3, 0.4) is 0 Å². The summed E-state index contributed by atoms with van der Waals surface area (Å²) in [4.78, 5) is 15.6. The normalized spacial score (nSPS) is 10.6. The zero-order valence-electron chi connectivity index (χ0n) is 13.7. The number of hydrogen-bond donors (Lipinski definition) is 3.